The molecule has 1 heterocycles. The van der Waals surface area contributed by atoms with Crippen LogP contribution in [-0.4, -0.2) is 39.6 Å². The molecule has 7 nitrogen and oxygen atoms in total. The van der Waals surface area contributed by atoms with E-state index in [1.165, 1.54) is 0 Å². The van der Waals surface area contributed by atoms with Gasteiger partial charge in [0.05, 0.1) is 6.54 Å². The second-order valence-corrected chi connectivity index (χ2v) is 8.31. The van der Waals surface area contributed by atoms with E-state index in [-0.39, 0.29) is 18.5 Å². The van der Waals surface area contributed by atoms with Crippen molar-refractivity contribution in [2.24, 2.45) is 0 Å². The van der Waals surface area contributed by atoms with E-state index in [1.807, 2.05) is 6.92 Å². The predicted octanol–water partition coefficient (Wildman–Crippen LogP) is 4.13. The first kappa shape index (κ1) is 21.1. The average molecular weight is 440 g/mol. The van der Waals surface area contributed by atoms with Gasteiger partial charge in [0, 0.05) is 22.3 Å². The first-order valence-corrected chi connectivity index (χ1v) is 10.6. The molecule has 0 aromatic heterocycles. The van der Waals surface area contributed by atoms with Gasteiger partial charge in [-0.25, -0.2) is 4.79 Å². The van der Waals surface area contributed by atoms with Crippen LogP contribution in [0.15, 0.2) is 42.5 Å². The molecule has 1 saturated heterocycles. The van der Waals surface area contributed by atoms with Crippen molar-refractivity contribution in [3.63, 3.8) is 0 Å². The number of nitrogens with one attached hydrogen (secondary N) is 1. The lowest BCUT2D eigenvalue weighted by atomic mass is 10.1. The van der Waals surface area contributed by atoms with E-state index in [4.69, 9.17) is 11.6 Å². The number of aryl methyl sites for hydroxylation is 1. The maximum Gasteiger partial charge on any atom is 0.334 e. The number of carbonyl (C=O) groups is 4. The Morgan fingerprint density at radius 2 is 1.71 bits per heavy atom. The lowest BCUT2D eigenvalue weighted by Crippen LogP contribution is -2.39. The van der Waals surface area contributed by atoms with Gasteiger partial charge in [-0.1, -0.05) is 36.6 Å². The van der Waals surface area contributed by atoms with Crippen LogP contribution < -0.4 is 5.32 Å². The molecule has 2 fully saturated rings. The molecule has 2 aromatic carbocycles. The maximum absolute atomic E-state index is 12.7. The van der Waals surface area contributed by atoms with Gasteiger partial charge in [-0.3, -0.25) is 24.2 Å². The molecule has 1 aliphatic heterocycles. The summed E-state index contributed by atoms with van der Waals surface area (Å²) in [6.45, 7) is 1.84. The molecule has 2 aromatic rings. The Morgan fingerprint density at radius 3 is 2.35 bits per heavy atom. The minimum Gasteiger partial charge on any atom is -0.322 e. The zero-order valence-corrected chi connectivity index (χ0v) is 17.8. The summed E-state index contributed by atoms with van der Waals surface area (Å²) in [5.41, 5.74) is 2.58. The van der Waals surface area contributed by atoms with Crippen molar-refractivity contribution in [2.75, 3.05) is 5.32 Å². The average Bonchev–Trinajstić information content (AvgIpc) is 3.34. The third kappa shape index (κ3) is 4.18. The van der Waals surface area contributed by atoms with E-state index in [0.717, 1.165) is 41.0 Å². The first-order valence-electron chi connectivity index (χ1n) is 10.2. The van der Waals surface area contributed by atoms with Gasteiger partial charge in [0.2, 0.25) is 0 Å². The molecular weight excluding hydrogens is 418 g/mol. The van der Waals surface area contributed by atoms with Gasteiger partial charge in [0.1, 0.15) is 0 Å². The molecule has 2 aliphatic rings. The second kappa shape index (κ2) is 8.51. The molecule has 0 radical (unpaired) electrons. The van der Waals surface area contributed by atoms with Crippen molar-refractivity contribution in [1.29, 1.82) is 0 Å². The molecule has 31 heavy (non-hydrogen) atoms. The number of imide groups is 2. The Labute approximate surface area is 185 Å². The van der Waals surface area contributed by atoms with E-state index in [9.17, 15) is 19.2 Å². The molecule has 160 valence electrons. The fourth-order valence-electron chi connectivity index (χ4n) is 4.02. The Morgan fingerprint density at radius 1 is 1.03 bits per heavy atom. The minimum atomic E-state index is -0.795. The molecule has 0 bridgehead atoms. The van der Waals surface area contributed by atoms with Gasteiger partial charge in [-0.05, 0) is 61.2 Å². The zero-order valence-electron chi connectivity index (χ0n) is 17.1. The number of benzene rings is 2. The van der Waals surface area contributed by atoms with Crippen LogP contribution in [0.1, 0.15) is 47.2 Å². The summed E-state index contributed by atoms with van der Waals surface area (Å²) in [6, 6.07) is 11.1. The highest BCUT2D eigenvalue weighted by molar-refractivity contribution is 6.44. The molecule has 0 spiro atoms. The third-order valence-corrected chi connectivity index (χ3v) is 6.17. The molecule has 8 heteroatoms. The molecule has 0 atom stereocenters. The van der Waals surface area contributed by atoms with Crippen molar-refractivity contribution in [3.8, 4) is 0 Å². The molecule has 1 saturated carbocycles. The number of nitrogens with zero attached hydrogens (tertiary/aromatic N) is 2. The zero-order chi connectivity index (χ0) is 22.1. The van der Waals surface area contributed by atoms with E-state index in [1.54, 1.807) is 42.5 Å². The van der Waals surface area contributed by atoms with Gasteiger partial charge in [0.15, 0.2) is 0 Å². The van der Waals surface area contributed by atoms with E-state index in [2.05, 4.69) is 5.32 Å². The minimum absolute atomic E-state index is 0.00902. The number of halogens is 1. The van der Waals surface area contributed by atoms with E-state index >= 15 is 0 Å². The standard InChI is InChI=1S/C23H22ClN3O4/c1-14-12-17(10-11-19(14)24)25-20(28)16-8-6-15(7-9-16)13-26-21(29)22(30)27(23(26)31)18-4-2-3-5-18/h6-12,18H,2-5,13H2,1H3,(H,25,28). The van der Waals surface area contributed by atoms with Gasteiger partial charge >= 0.3 is 17.8 Å². The maximum atomic E-state index is 12.7. The Kier molecular flexibility index (Phi) is 5.78. The topological polar surface area (TPSA) is 86.8 Å². The summed E-state index contributed by atoms with van der Waals surface area (Å²) in [5, 5.41) is 3.43. The van der Waals surface area contributed by atoms with Crippen LogP contribution in [0, 0.1) is 6.92 Å². The predicted molar refractivity (Wildman–Crippen MR) is 116 cm³/mol. The second-order valence-electron chi connectivity index (χ2n) is 7.90. The number of anilines is 1. The summed E-state index contributed by atoms with van der Waals surface area (Å²) in [6.07, 6.45) is 3.40. The summed E-state index contributed by atoms with van der Waals surface area (Å²) >= 11 is 6.01. The highest BCUT2D eigenvalue weighted by Crippen LogP contribution is 2.28. The quantitative estimate of drug-likeness (QED) is 0.560. The Bertz CT molecular complexity index is 1060. The van der Waals surface area contributed by atoms with Crippen LogP contribution >= 0.6 is 11.6 Å². The van der Waals surface area contributed by atoms with E-state index < -0.39 is 17.8 Å². The lowest BCUT2D eigenvalue weighted by Gasteiger charge is -2.21. The molecular formula is C23H22ClN3O4. The monoisotopic (exact) mass is 439 g/mol. The van der Waals surface area contributed by atoms with Crippen LogP contribution in [0.5, 0.6) is 0 Å². The smallest absolute Gasteiger partial charge is 0.322 e. The Balaban J connectivity index is 1.42. The highest BCUT2D eigenvalue weighted by Gasteiger charge is 2.47. The fraction of sp³-hybridized carbons (Fsp3) is 0.304. The van der Waals surface area contributed by atoms with Gasteiger partial charge < -0.3 is 5.32 Å². The fourth-order valence-corrected chi connectivity index (χ4v) is 4.13. The van der Waals surface area contributed by atoms with Crippen molar-refractivity contribution in [1.82, 2.24) is 9.80 Å². The number of carbonyl (C=O) groups excluding carboxylic acids is 4. The molecule has 1 aliphatic carbocycles. The molecule has 0 unspecified atom stereocenters. The van der Waals surface area contributed by atoms with Gasteiger partial charge in [0.25, 0.3) is 5.91 Å². The lowest BCUT2D eigenvalue weighted by molar-refractivity contribution is -0.144. The van der Waals surface area contributed by atoms with Crippen LogP contribution in [0.4, 0.5) is 10.5 Å². The normalized spacial score (nSPS) is 17.0. The summed E-state index contributed by atoms with van der Waals surface area (Å²) in [4.78, 5) is 51.9. The van der Waals surface area contributed by atoms with Gasteiger partial charge in [-0.2, -0.15) is 0 Å². The van der Waals surface area contributed by atoms with Crippen LogP contribution in [-0.2, 0) is 16.1 Å². The number of hydrogen-bond donors (Lipinski definition) is 1. The number of hydrogen-bond acceptors (Lipinski definition) is 4. The molecule has 1 N–H and O–H groups in total. The number of urea groups is 1. The van der Waals surface area contributed by atoms with Crippen molar-refractivity contribution >= 4 is 41.0 Å². The van der Waals surface area contributed by atoms with Crippen LogP contribution in [0.2, 0.25) is 5.02 Å². The van der Waals surface area contributed by atoms with Crippen LogP contribution in [0.25, 0.3) is 0 Å². The summed E-state index contributed by atoms with van der Waals surface area (Å²) in [7, 11) is 0. The Hall–Kier alpha value is -3.19. The largest absolute Gasteiger partial charge is 0.334 e. The van der Waals surface area contributed by atoms with Crippen LogP contribution in [0.3, 0.4) is 0 Å². The van der Waals surface area contributed by atoms with Gasteiger partial charge in [-0.15, -0.1) is 0 Å². The number of amides is 5. The van der Waals surface area contributed by atoms with Crippen molar-refractivity contribution < 1.29 is 19.2 Å². The van der Waals surface area contributed by atoms with Crippen molar-refractivity contribution in [2.45, 2.75) is 45.2 Å². The molecule has 4 rings (SSSR count). The third-order valence-electron chi connectivity index (χ3n) is 5.75. The first-order chi connectivity index (χ1) is 14.8. The van der Waals surface area contributed by atoms with Crippen molar-refractivity contribution in [3.05, 3.63) is 64.2 Å². The summed E-state index contributed by atoms with van der Waals surface area (Å²) in [5.74, 6) is -1.83. The highest BCUT2D eigenvalue weighted by atomic mass is 35.5. The SMILES string of the molecule is Cc1cc(NC(=O)c2ccc(CN3C(=O)C(=O)N(C4CCCC4)C3=O)cc2)ccc1Cl. The number of rotatable bonds is 5. The molecule has 5 amide bonds. The summed E-state index contributed by atoms with van der Waals surface area (Å²) < 4.78 is 0. The van der Waals surface area contributed by atoms with E-state index in [0.29, 0.717) is 21.8 Å².